The normalized spacial score (nSPS) is 9.95. The third-order valence-electron chi connectivity index (χ3n) is 2.98. The Hall–Kier alpha value is -2.52. The van der Waals surface area contributed by atoms with Crippen molar-refractivity contribution in [3.05, 3.63) is 64.2 Å². The van der Waals surface area contributed by atoms with Crippen LogP contribution in [0.2, 0.25) is 0 Å². The number of nitro benzene ring substituents is 1. The lowest BCUT2D eigenvalue weighted by Crippen LogP contribution is -2.04. The summed E-state index contributed by atoms with van der Waals surface area (Å²) in [6.45, 7) is 0.715. The van der Waals surface area contributed by atoms with Gasteiger partial charge in [0.1, 0.15) is 6.07 Å². The average molecular weight is 313 g/mol. The Balaban J connectivity index is 1.82. The van der Waals surface area contributed by atoms with Crippen LogP contribution in [0.25, 0.3) is 0 Å². The summed E-state index contributed by atoms with van der Waals surface area (Å²) in [4.78, 5) is 11.4. The highest BCUT2D eigenvalue weighted by molar-refractivity contribution is 7.99. The third kappa shape index (κ3) is 4.50. The highest BCUT2D eigenvalue weighted by atomic mass is 32.2. The van der Waals surface area contributed by atoms with Crippen molar-refractivity contribution in [2.75, 3.05) is 17.6 Å². The number of non-ortho nitro benzene ring substituents is 1. The van der Waals surface area contributed by atoms with E-state index in [1.54, 1.807) is 17.8 Å². The summed E-state index contributed by atoms with van der Waals surface area (Å²) in [5, 5.41) is 22.9. The molecule has 0 fully saturated rings. The van der Waals surface area contributed by atoms with Crippen LogP contribution in [0.5, 0.6) is 0 Å². The Morgan fingerprint density at radius 1 is 1.23 bits per heavy atom. The lowest BCUT2D eigenvalue weighted by Gasteiger charge is -2.08. The largest absolute Gasteiger partial charge is 0.384 e. The van der Waals surface area contributed by atoms with Gasteiger partial charge in [0.15, 0.2) is 0 Å². The Morgan fingerprint density at radius 3 is 2.68 bits per heavy atom. The zero-order valence-corrected chi connectivity index (χ0v) is 12.7. The van der Waals surface area contributed by atoms with Gasteiger partial charge in [-0.15, -0.1) is 11.8 Å². The molecule has 0 atom stereocenters. The number of hydrogen-bond donors (Lipinski definition) is 1. The third-order valence-corrected chi connectivity index (χ3v) is 4.08. The van der Waals surface area contributed by atoms with E-state index in [1.165, 1.54) is 17.0 Å². The lowest BCUT2D eigenvalue weighted by atomic mass is 10.1. The maximum absolute atomic E-state index is 10.7. The van der Waals surface area contributed by atoms with Crippen molar-refractivity contribution >= 4 is 23.1 Å². The van der Waals surface area contributed by atoms with Gasteiger partial charge in [0.2, 0.25) is 0 Å². The monoisotopic (exact) mass is 313 g/mol. The Morgan fingerprint density at radius 2 is 2.00 bits per heavy atom. The molecule has 0 unspecified atom stereocenters. The molecule has 0 aliphatic carbocycles. The number of nitrogens with zero attached hydrogens (tertiary/aromatic N) is 2. The van der Waals surface area contributed by atoms with Gasteiger partial charge >= 0.3 is 0 Å². The second-order valence-electron chi connectivity index (χ2n) is 4.54. The molecule has 112 valence electrons. The molecule has 6 heteroatoms. The molecule has 0 bridgehead atoms. The first kappa shape index (κ1) is 15.9. The van der Waals surface area contributed by atoms with Crippen molar-refractivity contribution in [2.45, 2.75) is 11.3 Å². The topological polar surface area (TPSA) is 79.0 Å². The molecule has 0 radical (unpaired) electrons. The predicted octanol–water partition coefficient (Wildman–Crippen LogP) is 4.06. The molecule has 0 heterocycles. The molecule has 0 aliphatic heterocycles. The Labute approximate surface area is 133 Å². The molecule has 2 aromatic rings. The van der Waals surface area contributed by atoms with Crippen molar-refractivity contribution in [2.24, 2.45) is 0 Å². The van der Waals surface area contributed by atoms with Gasteiger partial charge in [0.25, 0.3) is 5.69 Å². The highest BCUT2D eigenvalue weighted by Crippen LogP contribution is 2.22. The zero-order valence-electron chi connectivity index (χ0n) is 11.9. The lowest BCUT2D eigenvalue weighted by molar-refractivity contribution is -0.384. The number of hydrogen-bond acceptors (Lipinski definition) is 5. The second-order valence-corrected chi connectivity index (χ2v) is 5.71. The fourth-order valence-electron chi connectivity index (χ4n) is 1.89. The first-order valence-electron chi connectivity index (χ1n) is 6.81. The fourth-order valence-corrected chi connectivity index (χ4v) is 2.77. The SMILES string of the molecule is N#Cc1cc([N+](=O)[O-])ccc1NCCCSc1ccccc1. The van der Waals surface area contributed by atoms with Crippen LogP contribution < -0.4 is 5.32 Å². The van der Waals surface area contributed by atoms with E-state index in [1.807, 2.05) is 24.3 Å². The molecule has 0 saturated heterocycles. The molecular weight excluding hydrogens is 298 g/mol. The first-order chi connectivity index (χ1) is 10.7. The van der Waals surface area contributed by atoms with Crippen LogP contribution in [0.3, 0.4) is 0 Å². The zero-order chi connectivity index (χ0) is 15.8. The molecular formula is C16H15N3O2S. The molecule has 5 nitrogen and oxygen atoms in total. The van der Waals surface area contributed by atoms with E-state index in [4.69, 9.17) is 5.26 Å². The Kier molecular flexibility index (Phi) is 5.81. The van der Waals surface area contributed by atoms with Crippen LogP contribution in [0, 0.1) is 21.4 Å². The van der Waals surface area contributed by atoms with E-state index < -0.39 is 4.92 Å². The van der Waals surface area contributed by atoms with E-state index in [0.717, 1.165) is 12.2 Å². The summed E-state index contributed by atoms with van der Waals surface area (Å²) >= 11 is 1.78. The number of nitrogens with one attached hydrogen (secondary N) is 1. The quantitative estimate of drug-likeness (QED) is 0.361. The van der Waals surface area contributed by atoms with Crippen LogP contribution in [-0.4, -0.2) is 17.2 Å². The first-order valence-corrected chi connectivity index (χ1v) is 7.79. The van der Waals surface area contributed by atoms with Crippen molar-refractivity contribution in [3.8, 4) is 6.07 Å². The molecule has 0 spiro atoms. The van der Waals surface area contributed by atoms with Crippen LogP contribution >= 0.6 is 11.8 Å². The van der Waals surface area contributed by atoms with Gasteiger partial charge in [0, 0.05) is 23.6 Å². The number of rotatable bonds is 7. The minimum absolute atomic E-state index is 0.0678. The van der Waals surface area contributed by atoms with Crippen molar-refractivity contribution < 1.29 is 4.92 Å². The standard InChI is InChI=1S/C16H15N3O2S/c17-12-13-11-14(19(20)21)7-8-16(13)18-9-4-10-22-15-5-2-1-3-6-15/h1-3,5-8,11,18H,4,9-10H2. The maximum atomic E-state index is 10.7. The van der Waals surface area contributed by atoms with Crippen LogP contribution in [0.15, 0.2) is 53.4 Å². The van der Waals surface area contributed by atoms with E-state index >= 15 is 0 Å². The summed E-state index contributed by atoms with van der Waals surface area (Å²) < 4.78 is 0. The van der Waals surface area contributed by atoms with Crippen LogP contribution in [0.4, 0.5) is 11.4 Å². The van der Waals surface area contributed by atoms with Gasteiger partial charge in [-0.2, -0.15) is 5.26 Å². The number of thioether (sulfide) groups is 1. The number of nitro groups is 1. The molecule has 22 heavy (non-hydrogen) atoms. The van der Waals surface area contributed by atoms with E-state index in [2.05, 4.69) is 17.4 Å². The maximum Gasteiger partial charge on any atom is 0.270 e. The second kappa shape index (κ2) is 8.05. The number of benzene rings is 2. The van der Waals surface area contributed by atoms with Gasteiger partial charge < -0.3 is 5.32 Å². The summed E-state index contributed by atoms with van der Waals surface area (Å²) in [6, 6.07) is 16.4. The Bertz CT molecular complexity index is 684. The summed E-state index contributed by atoms with van der Waals surface area (Å²) in [7, 11) is 0. The molecule has 2 aromatic carbocycles. The van der Waals surface area contributed by atoms with Crippen molar-refractivity contribution in [1.82, 2.24) is 0 Å². The number of nitriles is 1. The molecule has 0 aromatic heterocycles. The molecule has 1 N–H and O–H groups in total. The molecule has 0 aliphatic rings. The number of anilines is 1. The van der Waals surface area contributed by atoms with Gasteiger partial charge in [-0.3, -0.25) is 10.1 Å². The molecule has 0 amide bonds. The van der Waals surface area contributed by atoms with E-state index in [0.29, 0.717) is 17.8 Å². The highest BCUT2D eigenvalue weighted by Gasteiger charge is 2.10. The van der Waals surface area contributed by atoms with Gasteiger partial charge in [-0.1, -0.05) is 18.2 Å². The van der Waals surface area contributed by atoms with Crippen molar-refractivity contribution in [1.29, 1.82) is 5.26 Å². The van der Waals surface area contributed by atoms with Crippen molar-refractivity contribution in [3.63, 3.8) is 0 Å². The summed E-state index contributed by atoms with van der Waals surface area (Å²) in [5.74, 6) is 0.964. The van der Waals surface area contributed by atoms with Gasteiger partial charge in [-0.25, -0.2) is 0 Å². The minimum Gasteiger partial charge on any atom is -0.384 e. The van der Waals surface area contributed by atoms with Gasteiger partial charge in [-0.05, 0) is 30.4 Å². The van der Waals surface area contributed by atoms with Crippen LogP contribution in [0.1, 0.15) is 12.0 Å². The van der Waals surface area contributed by atoms with Gasteiger partial charge in [0.05, 0.1) is 16.2 Å². The molecule has 2 rings (SSSR count). The molecule has 0 saturated carbocycles. The summed E-state index contributed by atoms with van der Waals surface area (Å²) in [5.41, 5.74) is 0.865. The fraction of sp³-hybridized carbons (Fsp3) is 0.188. The van der Waals surface area contributed by atoms with E-state index in [9.17, 15) is 10.1 Å². The van der Waals surface area contributed by atoms with Crippen LogP contribution in [-0.2, 0) is 0 Å². The predicted molar refractivity (Wildman–Crippen MR) is 88.1 cm³/mol. The minimum atomic E-state index is -0.499. The average Bonchev–Trinajstić information content (AvgIpc) is 2.55. The smallest absolute Gasteiger partial charge is 0.270 e. The summed E-state index contributed by atoms with van der Waals surface area (Å²) in [6.07, 6.45) is 0.932. The van der Waals surface area contributed by atoms with E-state index in [-0.39, 0.29) is 5.69 Å².